The number of halogens is 2. The molecule has 0 aromatic heterocycles. The summed E-state index contributed by atoms with van der Waals surface area (Å²) in [5, 5.41) is 0. The second-order valence-electron chi connectivity index (χ2n) is 4.29. The van der Waals surface area contributed by atoms with E-state index in [1.807, 2.05) is 20.9 Å². The maximum Gasteiger partial charge on any atom is 0.345 e. The first kappa shape index (κ1) is 11.9. The van der Waals surface area contributed by atoms with Crippen LogP contribution in [0, 0.1) is 5.92 Å². The smallest absolute Gasteiger partial charge is 0.318 e. The highest BCUT2D eigenvalue weighted by molar-refractivity contribution is 4.85. The van der Waals surface area contributed by atoms with Crippen LogP contribution in [-0.4, -0.2) is 37.2 Å². The van der Waals surface area contributed by atoms with Crippen molar-refractivity contribution in [1.29, 1.82) is 0 Å². The van der Waals surface area contributed by atoms with Gasteiger partial charge in [0.15, 0.2) is 0 Å². The molecule has 0 amide bonds. The summed E-state index contributed by atoms with van der Waals surface area (Å²) in [5.41, 5.74) is 0. The van der Waals surface area contributed by atoms with E-state index in [4.69, 9.17) is 0 Å². The lowest BCUT2D eigenvalue weighted by Crippen LogP contribution is -2.50. The van der Waals surface area contributed by atoms with Gasteiger partial charge in [-0.1, -0.05) is 13.8 Å². The number of hydrogen-bond donors (Lipinski definition) is 0. The molecule has 14 heavy (non-hydrogen) atoms. The van der Waals surface area contributed by atoms with Gasteiger partial charge in [-0.3, -0.25) is 0 Å². The quantitative estimate of drug-likeness (QED) is 0.704. The molecular weight excluding hydrogens is 188 g/mol. The fourth-order valence-electron chi connectivity index (χ4n) is 2.36. The van der Waals surface area contributed by atoms with Gasteiger partial charge < -0.3 is 9.64 Å². The fourth-order valence-corrected chi connectivity index (χ4v) is 2.36. The SMILES string of the molecule is CC(C)C1C(OC(F)F)CCCN1C. The molecule has 2 unspecified atom stereocenters. The first-order chi connectivity index (χ1) is 6.52. The number of alkyl halides is 2. The number of likely N-dealkylation sites (tertiary alicyclic amines) is 1. The molecule has 1 heterocycles. The Balaban J connectivity index is 2.60. The maximum atomic E-state index is 12.1. The average molecular weight is 207 g/mol. The monoisotopic (exact) mass is 207 g/mol. The number of hydrogen-bond acceptors (Lipinski definition) is 2. The maximum absolute atomic E-state index is 12.1. The van der Waals surface area contributed by atoms with E-state index in [1.54, 1.807) is 0 Å². The molecule has 1 rings (SSSR count). The fraction of sp³-hybridized carbons (Fsp3) is 1.00. The molecule has 4 heteroatoms. The Labute approximate surface area is 84.2 Å². The Bertz CT molecular complexity index is 176. The van der Waals surface area contributed by atoms with Crippen LogP contribution >= 0.6 is 0 Å². The van der Waals surface area contributed by atoms with Crippen molar-refractivity contribution >= 4 is 0 Å². The molecule has 0 aliphatic carbocycles. The zero-order valence-corrected chi connectivity index (χ0v) is 9.04. The van der Waals surface area contributed by atoms with E-state index in [1.165, 1.54) is 0 Å². The molecule has 2 nitrogen and oxygen atoms in total. The Morgan fingerprint density at radius 2 is 2.00 bits per heavy atom. The molecule has 0 aromatic carbocycles. The largest absolute Gasteiger partial charge is 0.345 e. The van der Waals surface area contributed by atoms with Crippen LogP contribution in [0.25, 0.3) is 0 Å². The summed E-state index contributed by atoms with van der Waals surface area (Å²) in [6, 6.07) is 0.123. The van der Waals surface area contributed by atoms with Gasteiger partial charge in [0, 0.05) is 6.04 Å². The van der Waals surface area contributed by atoms with E-state index < -0.39 is 6.61 Å². The second kappa shape index (κ2) is 5.03. The van der Waals surface area contributed by atoms with Gasteiger partial charge in [-0.05, 0) is 32.4 Å². The van der Waals surface area contributed by atoms with E-state index in [9.17, 15) is 8.78 Å². The molecule has 1 saturated heterocycles. The lowest BCUT2D eigenvalue weighted by molar-refractivity contribution is -0.191. The summed E-state index contributed by atoms with van der Waals surface area (Å²) in [6.07, 6.45) is 1.38. The van der Waals surface area contributed by atoms with E-state index in [2.05, 4.69) is 9.64 Å². The van der Waals surface area contributed by atoms with Crippen LogP contribution < -0.4 is 0 Å². The summed E-state index contributed by atoms with van der Waals surface area (Å²) in [4.78, 5) is 2.13. The first-order valence-electron chi connectivity index (χ1n) is 5.16. The number of piperidine rings is 1. The van der Waals surface area contributed by atoms with E-state index in [-0.39, 0.29) is 12.1 Å². The van der Waals surface area contributed by atoms with Gasteiger partial charge >= 0.3 is 6.61 Å². The molecule has 1 aliphatic heterocycles. The molecule has 0 bridgehead atoms. The van der Waals surface area contributed by atoms with Crippen molar-refractivity contribution in [3.8, 4) is 0 Å². The highest BCUT2D eigenvalue weighted by atomic mass is 19.3. The van der Waals surface area contributed by atoms with Crippen LogP contribution in [0.2, 0.25) is 0 Å². The van der Waals surface area contributed by atoms with Crippen LogP contribution in [0.4, 0.5) is 8.78 Å². The number of rotatable bonds is 3. The van der Waals surface area contributed by atoms with Gasteiger partial charge in [0.1, 0.15) is 0 Å². The topological polar surface area (TPSA) is 12.5 Å². The normalized spacial score (nSPS) is 30.2. The molecule has 0 spiro atoms. The lowest BCUT2D eigenvalue weighted by atomic mass is 9.90. The van der Waals surface area contributed by atoms with Crippen molar-refractivity contribution in [2.45, 2.75) is 45.4 Å². The van der Waals surface area contributed by atoms with Crippen LogP contribution in [0.5, 0.6) is 0 Å². The van der Waals surface area contributed by atoms with Crippen molar-refractivity contribution in [2.75, 3.05) is 13.6 Å². The molecular formula is C10H19F2NO. The predicted molar refractivity (Wildman–Crippen MR) is 51.4 cm³/mol. The van der Waals surface area contributed by atoms with Gasteiger partial charge in [0.2, 0.25) is 0 Å². The molecule has 0 N–H and O–H groups in total. The summed E-state index contributed by atoms with van der Waals surface area (Å²) < 4.78 is 28.9. The first-order valence-corrected chi connectivity index (χ1v) is 5.16. The minimum Gasteiger partial charge on any atom is -0.318 e. The highest BCUT2D eigenvalue weighted by Gasteiger charge is 2.33. The van der Waals surface area contributed by atoms with Crippen molar-refractivity contribution in [1.82, 2.24) is 4.90 Å². The van der Waals surface area contributed by atoms with E-state index in [0.29, 0.717) is 5.92 Å². The minimum atomic E-state index is -2.65. The number of ether oxygens (including phenoxy) is 1. The van der Waals surface area contributed by atoms with Crippen molar-refractivity contribution in [3.63, 3.8) is 0 Å². The Morgan fingerprint density at radius 1 is 1.36 bits per heavy atom. The van der Waals surface area contributed by atoms with Crippen molar-refractivity contribution in [2.24, 2.45) is 5.92 Å². The summed E-state index contributed by atoms with van der Waals surface area (Å²) in [5.74, 6) is 0.351. The zero-order chi connectivity index (χ0) is 10.7. The van der Waals surface area contributed by atoms with Gasteiger partial charge in [0.05, 0.1) is 6.10 Å². The standard InChI is InChI=1S/C10H19F2NO/c1-7(2)9-8(14-10(11)12)5-4-6-13(9)3/h7-10H,4-6H2,1-3H3. The Kier molecular flexibility index (Phi) is 4.26. The lowest BCUT2D eigenvalue weighted by Gasteiger charge is -2.41. The van der Waals surface area contributed by atoms with E-state index >= 15 is 0 Å². The molecule has 0 saturated carbocycles. The van der Waals surface area contributed by atoms with Crippen LogP contribution in [0.3, 0.4) is 0 Å². The van der Waals surface area contributed by atoms with Gasteiger partial charge in [-0.2, -0.15) is 8.78 Å². The summed E-state index contributed by atoms with van der Waals surface area (Å²) >= 11 is 0. The molecule has 0 radical (unpaired) electrons. The summed E-state index contributed by atoms with van der Waals surface area (Å²) in [7, 11) is 1.98. The predicted octanol–water partition coefficient (Wildman–Crippen LogP) is 2.34. The third-order valence-electron chi connectivity index (χ3n) is 2.85. The van der Waals surface area contributed by atoms with Crippen molar-refractivity contribution < 1.29 is 13.5 Å². The van der Waals surface area contributed by atoms with Crippen molar-refractivity contribution in [3.05, 3.63) is 0 Å². The van der Waals surface area contributed by atoms with Gasteiger partial charge in [0.25, 0.3) is 0 Å². The Hall–Kier alpha value is -0.220. The average Bonchev–Trinajstić information content (AvgIpc) is 2.01. The third-order valence-corrected chi connectivity index (χ3v) is 2.85. The minimum absolute atomic E-state index is 0.123. The molecule has 84 valence electrons. The molecule has 1 fully saturated rings. The van der Waals surface area contributed by atoms with E-state index in [0.717, 1.165) is 19.4 Å². The third kappa shape index (κ3) is 2.89. The molecule has 2 atom stereocenters. The second-order valence-corrected chi connectivity index (χ2v) is 4.29. The number of likely N-dealkylation sites (N-methyl/N-ethyl adjacent to an activating group) is 1. The summed E-state index contributed by atoms with van der Waals surface area (Å²) in [6.45, 7) is 2.43. The molecule has 0 aromatic rings. The van der Waals surface area contributed by atoms with Gasteiger partial charge in [-0.25, -0.2) is 0 Å². The Morgan fingerprint density at radius 3 is 2.50 bits per heavy atom. The van der Waals surface area contributed by atoms with Crippen LogP contribution in [0.1, 0.15) is 26.7 Å². The molecule has 1 aliphatic rings. The van der Waals surface area contributed by atoms with Crippen LogP contribution in [0.15, 0.2) is 0 Å². The number of nitrogens with zero attached hydrogens (tertiary/aromatic N) is 1. The van der Waals surface area contributed by atoms with Crippen LogP contribution in [-0.2, 0) is 4.74 Å². The highest BCUT2D eigenvalue weighted by Crippen LogP contribution is 2.25. The zero-order valence-electron chi connectivity index (χ0n) is 9.04. The van der Waals surface area contributed by atoms with Gasteiger partial charge in [-0.15, -0.1) is 0 Å².